The van der Waals surface area contributed by atoms with Crippen LogP contribution in [-0.4, -0.2) is 16.8 Å². The summed E-state index contributed by atoms with van der Waals surface area (Å²) >= 11 is 0. The predicted octanol–water partition coefficient (Wildman–Crippen LogP) is 3.50. The minimum Gasteiger partial charge on any atom is -0.402 e. The zero-order valence-corrected chi connectivity index (χ0v) is 12.9. The second-order valence-electron chi connectivity index (χ2n) is 5.20. The maximum absolute atomic E-state index is 12.0. The molecule has 120 valence electrons. The maximum atomic E-state index is 12.0. The highest BCUT2D eigenvalue weighted by molar-refractivity contribution is 6.12. The van der Waals surface area contributed by atoms with E-state index in [9.17, 15) is 14.9 Å². The Kier molecular flexibility index (Phi) is 4.20. The monoisotopic (exact) mass is 322 g/mol. The third kappa shape index (κ3) is 3.08. The number of ether oxygens (including phenoxy) is 1. The van der Waals surface area contributed by atoms with Crippen LogP contribution in [0.15, 0.2) is 59.2 Å². The number of cyclic esters (lactones) is 1. The van der Waals surface area contributed by atoms with Crippen LogP contribution in [0.2, 0.25) is 0 Å². The van der Waals surface area contributed by atoms with Crippen LogP contribution in [0, 0.1) is 10.1 Å². The molecule has 3 rings (SSSR count). The SMILES string of the molecule is CCc1ccc(/C=C2\N=C(c3ccccc3)OC2=O)cc1[N+](=O)[O-]. The standard InChI is InChI=1S/C18H14N2O4/c1-2-13-9-8-12(11-16(13)20(22)23)10-15-18(21)24-17(19-15)14-6-4-3-5-7-14/h3-11H,2H2,1H3/b15-10-. The molecule has 6 nitrogen and oxygen atoms in total. The number of benzene rings is 2. The molecule has 1 aliphatic rings. The number of hydrogen-bond acceptors (Lipinski definition) is 5. The van der Waals surface area contributed by atoms with Crippen molar-refractivity contribution in [1.82, 2.24) is 0 Å². The molecule has 0 aromatic heterocycles. The van der Waals surface area contributed by atoms with Crippen LogP contribution < -0.4 is 0 Å². The van der Waals surface area contributed by atoms with Crippen LogP contribution in [-0.2, 0) is 16.0 Å². The maximum Gasteiger partial charge on any atom is 0.363 e. The summed E-state index contributed by atoms with van der Waals surface area (Å²) in [5.74, 6) is -0.345. The van der Waals surface area contributed by atoms with E-state index in [0.29, 0.717) is 23.1 Å². The number of carbonyl (C=O) groups is 1. The van der Waals surface area contributed by atoms with Gasteiger partial charge in [-0.3, -0.25) is 10.1 Å². The normalized spacial score (nSPS) is 15.3. The van der Waals surface area contributed by atoms with Gasteiger partial charge in [0.2, 0.25) is 5.90 Å². The lowest BCUT2D eigenvalue weighted by Crippen LogP contribution is -2.04. The molecule has 1 aliphatic heterocycles. The minimum atomic E-state index is -0.573. The third-order valence-electron chi connectivity index (χ3n) is 3.63. The third-order valence-corrected chi connectivity index (χ3v) is 3.63. The van der Waals surface area contributed by atoms with Crippen molar-refractivity contribution in [3.8, 4) is 0 Å². The summed E-state index contributed by atoms with van der Waals surface area (Å²) in [5.41, 5.74) is 2.02. The molecule has 0 fully saturated rings. The van der Waals surface area contributed by atoms with E-state index in [4.69, 9.17) is 4.74 Å². The van der Waals surface area contributed by atoms with Gasteiger partial charge in [0, 0.05) is 17.2 Å². The number of esters is 1. The highest BCUT2D eigenvalue weighted by atomic mass is 16.6. The van der Waals surface area contributed by atoms with Crippen LogP contribution >= 0.6 is 0 Å². The number of nitro benzene ring substituents is 1. The predicted molar refractivity (Wildman–Crippen MR) is 89.5 cm³/mol. The van der Waals surface area contributed by atoms with Crippen molar-refractivity contribution in [2.24, 2.45) is 4.99 Å². The van der Waals surface area contributed by atoms with E-state index in [2.05, 4.69) is 4.99 Å². The number of hydrogen-bond donors (Lipinski definition) is 0. The Bertz CT molecular complexity index is 870. The first-order valence-electron chi connectivity index (χ1n) is 7.44. The fourth-order valence-corrected chi connectivity index (χ4v) is 2.41. The Hall–Kier alpha value is -3.28. The molecule has 0 saturated heterocycles. The van der Waals surface area contributed by atoms with Crippen LogP contribution in [0.1, 0.15) is 23.6 Å². The average molecular weight is 322 g/mol. The molecule has 0 aliphatic carbocycles. The molecule has 0 spiro atoms. The molecule has 2 aromatic rings. The highest BCUT2D eigenvalue weighted by Crippen LogP contribution is 2.24. The molecule has 0 radical (unpaired) electrons. The molecule has 2 aromatic carbocycles. The lowest BCUT2D eigenvalue weighted by molar-refractivity contribution is -0.385. The van der Waals surface area contributed by atoms with Crippen molar-refractivity contribution in [2.75, 3.05) is 0 Å². The van der Waals surface area contributed by atoms with E-state index in [1.807, 2.05) is 25.1 Å². The zero-order valence-electron chi connectivity index (χ0n) is 12.9. The Morgan fingerprint density at radius 3 is 2.62 bits per heavy atom. The molecule has 0 bridgehead atoms. The molecule has 0 atom stereocenters. The Labute approximate surface area is 138 Å². The van der Waals surface area contributed by atoms with Crippen molar-refractivity contribution in [2.45, 2.75) is 13.3 Å². The average Bonchev–Trinajstić information content (AvgIpc) is 2.96. The molecule has 24 heavy (non-hydrogen) atoms. The summed E-state index contributed by atoms with van der Waals surface area (Å²) in [6.45, 7) is 1.85. The van der Waals surface area contributed by atoms with Gasteiger partial charge < -0.3 is 4.74 Å². The Balaban J connectivity index is 1.97. The Morgan fingerprint density at radius 1 is 1.21 bits per heavy atom. The quantitative estimate of drug-likeness (QED) is 0.373. The van der Waals surface area contributed by atoms with E-state index in [1.54, 1.807) is 24.3 Å². The summed E-state index contributed by atoms with van der Waals surface area (Å²) in [4.78, 5) is 26.9. The van der Waals surface area contributed by atoms with Gasteiger partial charge in [-0.15, -0.1) is 0 Å². The number of carbonyl (C=O) groups excluding carboxylic acids is 1. The first-order valence-corrected chi connectivity index (χ1v) is 7.44. The van der Waals surface area contributed by atoms with Gasteiger partial charge in [-0.25, -0.2) is 9.79 Å². The van der Waals surface area contributed by atoms with Gasteiger partial charge in [0.05, 0.1) is 4.92 Å². The van der Waals surface area contributed by atoms with E-state index in [0.717, 1.165) is 0 Å². The van der Waals surface area contributed by atoms with Crippen LogP contribution in [0.3, 0.4) is 0 Å². The lowest BCUT2D eigenvalue weighted by Gasteiger charge is -2.01. The van der Waals surface area contributed by atoms with Gasteiger partial charge in [0.15, 0.2) is 5.70 Å². The summed E-state index contributed by atoms with van der Waals surface area (Å²) in [6.07, 6.45) is 2.05. The Morgan fingerprint density at radius 2 is 1.96 bits per heavy atom. The summed E-state index contributed by atoms with van der Waals surface area (Å²) in [6, 6.07) is 13.9. The molecule has 6 heteroatoms. The van der Waals surface area contributed by atoms with E-state index in [-0.39, 0.29) is 17.3 Å². The smallest absolute Gasteiger partial charge is 0.363 e. The van der Waals surface area contributed by atoms with Gasteiger partial charge in [0.1, 0.15) is 0 Å². The fourth-order valence-electron chi connectivity index (χ4n) is 2.41. The molecule has 0 amide bonds. The number of aryl methyl sites for hydroxylation is 1. The molecular weight excluding hydrogens is 308 g/mol. The van der Waals surface area contributed by atoms with Gasteiger partial charge in [-0.05, 0) is 30.2 Å². The zero-order chi connectivity index (χ0) is 17.1. The summed E-state index contributed by atoms with van der Waals surface area (Å²) in [7, 11) is 0. The molecule has 0 N–H and O–H groups in total. The second kappa shape index (κ2) is 6.45. The van der Waals surface area contributed by atoms with Crippen LogP contribution in [0.5, 0.6) is 0 Å². The first kappa shape index (κ1) is 15.6. The fraction of sp³-hybridized carbons (Fsp3) is 0.111. The van der Waals surface area contributed by atoms with Crippen molar-refractivity contribution < 1.29 is 14.5 Å². The molecule has 0 unspecified atom stereocenters. The number of rotatable bonds is 4. The first-order chi connectivity index (χ1) is 11.6. The number of nitro groups is 1. The van der Waals surface area contributed by atoms with Crippen LogP contribution in [0.25, 0.3) is 6.08 Å². The molecule has 1 heterocycles. The van der Waals surface area contributed by atoms with Gasteiger partial charge >= 0.3 is 5.97 Å². The highest BCUT2D eigenvalue weighted by Gasteiger charge is 2.24. The molecular formula is C18H14N2O4. The lowest BCUT2D eigenvalue weighted by atomic mass is 10.1. The summed E-state index contributed by atoms with van der Waals surface area (Å²) in [5, 5.41) is 11.1. The van der Waals surface area contributed by atoms with E-state index < -0.39 is 10.9 Å². The van der Waals surface area contributed by atoms with E-state index >= 15 is 0 Å². The number of aliphatic imine (C=N–C) groups is 1. The van der Waals surface area contributed by atoms with Crippen molar-refractivity contribution in [1.29, 1.82) is 0 Å². The van der Waals surface area contributed by atoms with Gasteiger partial charge in [-0.1, -0.05) is 37.3 Å². The minimum absolute atomic E-state index is 0.0328. The van der Waals surface area contributed by atoms with Crippen molar-refractivity contribution in [3.05, 3.63) is 81.0 Å². The van der Waals surface area contributed by atoms with Crippen LogP contribution in [0.4, 0.5) is 5.69 Å². The number of nitrogens with zero attached hydrogens (tertiary/aromatic N) is 2. The topological polar surface area (TPSA) is 81.8 Å². The second-order valence-corrected chi connectivity index (χ2v) is 5.20. The van der Waals surface area contributed by atoms with E-state index in [1.165, 1.54) is 12.1 Å². The van der Waals surface area contributed by atoms with Gasteiger partial charge in [-0.2, -0.15) is 0 Å². The largest absolute Gasteiger partial charge is 0.402 e. The summed E-state index contributed by atoms with van der Waals surface area (Å²) < 4.78 is 5.16. The van der Waals surface area contributed by atoms with Crippen molar-refractivity contribution >= 4 is 23.6 Å². The van der Waals surface area contributed by atoms with Crippen molar-refractivity contribution in [3.63, 3.8) is 0 Å². The molecule has 0 saturated carbocycles. The van der Waals surface area contributed by atoms with Gasteiger partial charge in [0.25, 0.3) is 5.69 Å².